The monoisotopic (exact) mass is 102 g/mol. The fourth-order valence-corrected chi connectivity index (χ4v) is 0.249. The van der Waals surface area contributed by atoms with E-state index in [9.17, 15) is 0 Å². The topological polar surface area (TPSA) is 49.8 Å². The third kappa shape index (κ3) is 3.80. The number of thioether (sulfide) groups is 1. The summed E-state index contributed by atoms with van der Waals surface area (Å²) in [6.45, 7) is 1.77. The standard InChI is InChI=1S/C3H6N2S/c1-3(5)6-2-4/h3H,5H2,1H3. The van der Waals surface area contributed by atoms with E-state index < -0.39 is 0 Å². The third-order valence-electron chi connectivity index (χ3n) is 0.239. The minimum atomic E-state index is -0.0463. The fraction of sp³-hybridized carbons (Fsp3) is 0.667. The molecule has 0 rings (SSSR count). The quantitative estimate of drug-likeness (QED) is 0.387. The Balaban J connectivity index is 2.88. The van der Waals surface area contributed by atoms with Crippen LogP contribution in [0.3, 0.4) is 0 Å². The lowest BCUT2D eigenvalue weighted by Crippen LogP contribution is -2.07. The van der Waals surface area contributed by atoms with Crippen LogP contribution in [0.15, 0.2) is 0 Å². The summed E-state index contributed by atoms with van der Waals surface area (Å²) in [6, 6.07) is 0. The highest BCUT2D eigenvalue weighted by atomic mass is 32.2. The lowest BCUT2D eigenvalue weighted by Gasteiger charge is -1.88. The van der Waals surface area contributed by atoms with Crippen LogP contribution >= 0.6 is 11.8 Å². The van der Waals surface area contributed by atoms with E-state index in [1.54, 1.807) is 6.92 Å². The zero-order valence-corrected chi connectivity index (χ0v) is 4.33. The van der Waals surface area contributed by atoms with Gasteiger partial charge in [0, 0.05) is 0 Å². The maximum Gasteiger partial charge on any atom is 0.134 e. The van der Waals surface area contributed by atoms with Gasteiger partial charge in [-0.3, -0.25) is 0 Å². The van der Waals surface area contributed by atoms with Crippen LogP contribution in [-0.4, -0.2) is 5.37 Å². The van der Waals surface area contributed by atoms with E-state index >= 15 is 0 Å². The molecule has 0 amide bonds. The average molecular weight is 102 g/mol. The Morgan fingerprint density at radius 2 is 2.50 bits per heavy atom. The summed E-state index contributed by atoms with van der Waals surface area (Å²) < 4.78 is 0. The molecule has 0 bridgehead atoms. The minimum Gasteiger partial charge on any atom is -0.319 e. The van der Waals surface area contributed by atoms with Crippen LogP contribution in [0.4, 0.5) is 0 Å². The second kappa shape index (κ2) is 3.01. The molecule has 2 N–H and O–H groups in total. The Labute approximate surface area is 41.3 Å². The summed E-state index contributed by atoms with van der Waals surface area (Å²) in [6.07, 6.45) is 0. The molecule has 0 heterocycles. The van der Waals surface area contributed by atoms with Crippen LogP contribution in [0.5, 0.6) is 0 Å². The van der Waals surface area contributed by atoms with Crippen molar-refractivity contribution in [2.75, 3.05) is 0 Å². The van der Waals surface area contributed by atoms with Crippen molar-refractivity contribution in [3.05, 3.63) is 0 Å². The van der Waals surface area contributed by atoms with Crippen LogP contribution in [0.1, 0.15) is 6.92 Å². The van der Waals surface area contributed by atoms with Crippen LogP contribution in [-0.2, 0) is 0 Å². The number of hydrogen-bond donors (Lipinski definition) is 1. The molecule has 0 radical (unpaired) electrons. The number of rotatable bonds is 1. The predicted molar refractivity (Wildman–Crippen MR) is 26.9 cm³/mol. The second-order valence-electron chi connectivity index (χ2n) is 0.914. The van der Waals surface area contributed by atoms with E-state index in [1.807, 2.05) is 5.40 Å². The normalized spacial score (nSPS) is 12.8. The van der Waals surface area contributed by atoms with E-state index in [-0.39, 0.29) is 5.37 Å². The molecular weight excluding hydrogens is 96.1 g/mol. The number of thiocyanates is 1. The first-order chi connectivity index (χ1) is 2.77. The number of nitriles is 1. The van der Waals surface area contributed by atoms with Gasteiger partial charge < -0.3 is 5.73 Å². The van der Waals surface area contributed by atoms with Crippen molar-refractivity contribution in [3.8, 4) is 5.40 Å². The molecule has 6 heavy (non-hydrogen) atoms. The highest BCUT2D eigenvalue weighted by molar-refractivity contribution is 8.04. The molecule has 0 aromatic carbocycles. The summed E-state index contributed by atoms with van der Waals surface area (Å²) in [5.41, 5.74) is 5.14. The van der Waals surface area contributed by atoms with Crippen molar-refractivity contribution in [2.24, 2.45) is 5.73 Å². The van der Waals surface area contributed by atoms with Crippen LogP contribution < -0.4 is 5.73 Å². The number of hydrogen-bond acceptors (Lipinski definition) is 3. The van der Waals surface area contributed by atoms with Gasteiger partial charge in [-0.15, -0.1) is 0 Å². The highest BCUT2D eigenvalue weighted by Gasteiger charge is 1.86. The Morgan fingerprint density at radius 1 is 2.00 bits per heavy atom. The maximum absolute atomic E-state index is 7.87. The van der Waals surface area contributed by atoms with E-state index in [2.05, 4.69) is 0 Å². The van der Waals surface area contributed by atoms with Gasteiger partial charge in [-0.25, -0.2) is 0 Å². The van der Waals surface area contributed by atoms with Gasteiger partial charge in [-0.1, -0.05) is 0 Å². The van der Waals surface area contributed by atoms with Crippen LogP contribution in [0.25, 0.3) is 0 Å². The third-order valence-corrected chi connectivity index (χ3v) is 0.716. The van der Waals surface area contributed by atoms with Crippen LogP contribution in [0, 0.1) is 10.7 Å². The van der Waals surface area contributed by atoms with Crippen molar-refractivity contribution in [1.82, 2.24) is 0 Å². The molecule has 1 unspecified atom stereocenters. The van der Waals surface area contributed by atoms with Crippen molar-refractivity contribution in [3.63, 3.8) is 0 Å². The van der Waals surface area contributed by atoms with Gasteiger partial charge in [0.05, 0.1) is 5.37 Å². The summed E-state index contributed by atoms with van der Waals surface area (Å²) in [5, 5.41) is 9.68. The van der Waals surface area contributed by atoms with Gasteiger partial charge >= 0.3 is 0 Å². The van der Waals surface area contributed by atoms with Crippen molar-refractivity contribution in [2.45, 2.75) is 12.3 Å². The summed E-state index contributed by atoms with van der Waals surface area (Å²) in [5.74, 6) is 0. The first kappa shape index (κ1) is 5.80. The van der Waals surface area contributed by atoms with E-state index in [1.165, 1.54) is 0 Å². The molecule has 0 aliphatic carbocycles. The molecule has 0 saturated heterocycles. The zero-order chi connectivity index (χ0) is 4.99. The Kier molecular flexibility index (Phi) is 2.91. The fourth-order valence-electron chi connectivity index (χ4n) is 0.0831. The van der Waals surface area contributed by atoms with Crippen molar-refractivity contribution < 1.29 is 0 Å². The molecule has 0 saturated carbocycles. The Morgan fingerprint density at radius 3 is 2.50 bits per heavy atom. The SMILES string of the molecule is CC(N)SC#N. The number of nitrogens with two attached hydrogens (primary N) is 1. The molecule has 0 aliphatic heterocycles. The molecule has 0 spiro atoms. The Hall–Kier alpha value is -0.200. The Bertz CT molecular complexity index is 63.7. The molecule has 0 fully saturated rings. The van der Waals surface area contributed by atoms with E-state index in [4.69, 9.17) is 11.0 Å². The minimum absolute atomic E-state index is 0.0463. The van der Waals surface area contributed by atoms with Gasteiger partial charge in [0.2, 0.25) is 0 Å². The van der Waals surface area contributed by atoms with Crippen molar-refractivity contribution >= 4 is 11.8 Å². The molecular formula is C3H6N2S. The summed E-state index contributed by atoms with van der Waals surface area (Å²) in [4.78, 5) is 0. The number of nitrogens with zero attached hydrogens (tertiary/aromatic N) is 1. The lowest BCUT2D eigenvalue weighted by atomic mass is 10.8. The van der Waals surface area contributed by atoms with Gasteiger partial charge in [-0.05, 0) is 18.7 Å². The van der Waals surface area contributed by atoms with Gasteiger partial charge in [0.1, 0.15) is 5.40 Å². The van der Waals surface area contributed by atoms with Crippen molar-refractivity contribution in [1.29, 1.82) is 5.26 Å². The largest absolute Gasteiger partial charge is 0.319 e. The second-order valence-corrected chi connectivity index (χ2v) is 2.08. The molecule has 3 heteroatoms. The van der Waals surface area contributed by atoms with Gasteiger partial charge in [0.25, 0.3) is 0 Å². The smallest absolute Gasteiger partial charge is 0.134 e. The lowest BCUT2D eigenvalue weighted by molar-refractivity contribution is 1.05. The van der Waals surface area contributed by atoms with Gasteiger partial charge in [-0.2, -0.15) is 5.26 Å². The predicted octanol–water partition coefficient (Wildman–Crippen LogP) is 0.505. The molecule has 0 aliphatic rings. The molecule has 1 atom stereocenters. The maximum atomic E-state index is 7.87. The molecule has 34 valence electrons. The van der Waals surface area contributed by atoms with Crippen LogP contribution in [0.2, 0.25) is 0 Å². The zero-order valence-electron chi connectivity index (χ0n) is 3.51. The molecule has 0 aromatic rings. The van der Waals surface area contributed by atoms with Gasteiger partial charge in [0.15, 0.2) is 0 Å². The van der Waals surface area contributed by atoms with E-state index in [0.717, 1.165) is 11.8 Å². The summed E-state index contributed by atoms with van der Waals surface area (Å²) in [7, 11) is 0. The average Bonchev–Trinajstić information content (AvgIpc) is 1.35. The summed E-state index contributed by atoms with van der Waals surface area (Å²) >= 11 is 1.07. The first-order valence-electron chi connectivity index (χ1n) is 1.57. The first-order valence-corrected chi connectivity index (χ1v) is 2.45. The van der Waals surface area contributed by atoms with E-state index in [0.29, 0.717) is 0 Å². The molecule has 2 nitrogen and oxygen atoms in total. The molecule has 0 aromatic heterocycles. The highest BCUT2D eigenvalue weighted by Crippen LogP contribution is 1.98.